The number of amides is 2. The van der Waals surface area contributed by atoms with Crippen LogP contribution in [-0.4, -0.2) is 54.9 Å². The molecule has 186 valence electrons. The van der Waals surface area contributed by atoms with E-state index >= 15 is 0 Å². The molecule has 2 aromatic carbocycles. The number of rotatable bonds is 5. The summed E-state index contributed by atoms with van der Waals surface area (Å²) in [5.41, 5.74) is 2.77. The lowest BCUT2D eigenvalue weighted by Gasteiger charge is -2.35. The van der Waals surface area contributed by atoms with Gasteiger partial charge in [0.25, 0.3) is 11.8 Å². The van der Waals surface area contributed by atoms with Crippen molar-refractivity contribution in [1.82, 2.24) is 9.80 Å². The highest BCUT2D eigenvalue weighted by molar-refractivity contribution is 8.06. The van der Waals surface area contributed by atoms with Gasteiger partial charge < -0.3 is 19.4 Å². The number of piperazine rings is 1. The van der Waals surface area contributed by atoms with Crippen molar-refractivity contribution in [2.24, 2.45) is 0 Å². The van der Waals surface area contributed by atoms with E-state index in [0.717, 1.165) is 22.7 Å². The molecule has 1 fully saturated rings. The molecule has 2 aliphatic heterocycles. The van der Waals surface area contributed by atoms with Crippen molar-refractivity contribution < 1.29 is 14.3 Å². The molecule has 0 aliphatic carbocycles. The second-order valence-corrected chi connectivity index (χ2v) is 10.2. The van der Waals surface area contributed by atoms with Crippen LogP contribution in [0.1, 0.15) is 15.2 Å². The Kier molecular flexibility index (Phi) is 7.30. The van der Waals surface area contributed by atoms with E-state index in [2.05, 4.69) is 6.07 Å². The SMILES string of the molecule is COc1ccc(N2C(c3ccccc3)=CS/C2=C(/C#N)C(=O)N2CCN(C(=O)c3cccs3)CC2)cc1. The molecule has 9 heteroatoms. The molecule has 1 aromatic heterocycles. The van der Waals surface area contributed by atoms with E-state index in [0.29, 0.717) is 36.1 Å². The zero-order valence-corrected chi connectivity index (χ0v) is 21.8. The second kappa shape index (κ2) is 10.9. The molecule has 5 rings (SSSR count). The topological polar surface area (TPSA) is 76.9 Å². The number of nitriles is 1. The van der Waals surface area contributed by atoms with Gasteiger partial charge in [0.15, 0.2) is 0 Å². The largest absolute Gasteiger partial charge is 0.497 e. The maximum absolute atomic E-state index is 13.6. The first kappa shape index (κ1) is 24.7. The number of hydrogen-bond donors (Lipinski definition) is 0. The molecule has 2 amide bonds. The summed E-state index contributed by atoms with van der Waals surface area (Å²) in [5.74, 6) is 0.377. The standard InChI is InChI=1S/C28H24N4O3S2/c1-35-22-11-9-21(10-12-22)32-24(20-6-3-2-4-7-20)19-37-28(32)23(18-29)26(33)30-13-15-31(16-14-30)27(34)25-8-5-17-36-25/h2-12,17,19H,13-16H2,1H3/b28-23-. The Labute approximate surface area is 223 Å². The van der Waals surface area contributed by atoms with Crippen LogP contribution in [0.4, 0.5) is 5.69 Å². The monoisotopic (exact) mass is 528 g/mol. The molecule has 1 saturated heterocycles. The van der Waals surface area contributed by atoms with Crippen LogP contribution in [0.15, 0.2) is 88.1 Å². The summed E-state index contributed by atoms with van der Waals surface area (Å²) in [7, 11) is 1.61. The van der Waals surface area contributed by atoms with Gasteiger partial charge in [-0.05, 0) is 41.3 Å². The number of carbonyl (C=O) groups excluding carboxylic acids is 2. The Bertz CT molecular complexity index is 1390. The Hall–Kier alpha value is -4.00. The highest BCUT2D eigenvalue weighted by Gasteiger charge is 2.33. The van der Waals surface area contributed by atoms with Crippen LogP contribution in [0, 0.1) is 11.3 Å². The van der Waals surface area contributed by atoms with E-state index in [-0.39, 0.29) is 17.4 Å². The molecule has 7 nitrogen and oxygen atoms in total. The van der Waals surface area contributed by atoms with Gasteiger partial charge in [-0.3, -0.25) is 9.59 Å². The van der Waals surface area contributed by atoms with Gasteiger partial charge >= 0.3 is 0 Å². The van der Waals surface area contributed by atoms with Crippen LogP contribution in [0.2, 0.25) is 0 Å². The van der Waals surface area contributed by atoms with E-state index < -0.39 is 0 Å². The van der Waals surface area contributed by atoms with Crippen LogP contribution in [0.25, 0.3) is 5.70 Å². The fraction of sp³-hybridized carbons (Fsp3) is 0.179. The third-order valence-corrected chi connectivity index (χ3v) is 8.06. The number of thiophene rings is 1. The van der Waals surface area contributed by atoms with Crippen LogP contribution in [-0.2, 0) is 4.79 Å². The number of benzene rings is 2. The van der Waals surface area contributed by atoms with E-state index in [9.17, 15) is 14.9 Å². The Morgan fingerprint density at radius 2 is 1.62 bits per heavy atom. The quantitative estimate of drug-likeness (QED) is 0.342. The van der Waals surface area contributed by atoms with Gasteiger partial charge in [0.05, 0.1) is 17.7 Å². The Morgan fingerprint density at radius 1 is 0.919 bits per heavy atom. The minimum Gasteiger partial charge on any atom is -0.497 e. The smallest absolute Gasteiger partial charge is 0.267 e. The number of hydrogen-bond acceptors (Lipinski definition) is 7. The summed E-state index contributed by atoms with van der Waals surface area (Å²) in [6.07, 6.45) is 0. The lowest BCUT2D eigenvalue weighted by Crippen LogP contribution is -2.51. The fourth-order valence-electron chi connectivity index (χ4n) is 4.30. The molecule has 3 aromatic rings. The van der Waals surface area contributed by atoms with Crippen LogP contribution in [0.3, 0.4) is 0 Å². The van der Waals surface area contributed by atoms with Gasteiger partial charge in [-0.15, -0.1) is 11.3 Å². The molecule has 0 radical (unpaired) electrons. The second-order valence-electron chi connectivity index (χ2n) is 8.37. The zero-order chi connectivity index (χ0) is 25.8. The molecule has 0 bridgehead atoms. The maximum atomic E-state index is 13.6. The third kappa shape index (κ3) is 4.99. The number of thioether (sulfide) groups is 1. The number of anilines is 1. The molecule has 0 atom stereocenters. The van der Waals surface area contributed by atoms with Crippen molar-refractivity contribution in [3.05, 3.63) is 98.6 Å². The molecule has 0 N–H and O–H groups in total. The lowest BCUT2D eigenvalue weighted by atomic mass is 10.1. The fourth-order valence-corrected chi connectivity index (χ4v) is 6.02. The highest BCUT2D eigenvalue weighted by atomic mass is 32.2. The molecular formula is C28H24N4O3S2. The van der Waals surface area contributed by atoms with Crippen molar-refractivity contribution in [2.45, 2.75) is 0 Å². The molecule has 0 unspecified atom stereocenters. The molecule has 0 spiro atoms. The number of ether oxygens (including phenoxy) is 1. The van der Waals surface area contributed by atoms with Crippen molar-refractivity contribution in [3.8, 4) is 11.8 Å². The number of methoxy groups -OCH3 is 1. The Balaban J connectivity index is 1.42. The maximum Gasteiger partial charge on any atom is 0.267 e. The van der Waals surface area contributed by atoms with Crippen LogP contribution < -0.4 is 9.64 Å². The highest BCUT2D eigenvalue weighted by Crippen LogP contribution is 2.45. The van der Waals surface area contributed by atoms with Crippen molar-refractivity contribution >= 4 is 46.3 Å². The van der Waals surface area contributed by atoms with Crippen molar-refractivity contribution in [2.75, 3.05) is 38.2 Å². The normalized spacial score (nSPS) is 16.8. The zero-order valence-electron chi connectivity index (χ0n) is 20.2. The summed E-state index contributed by atoms with van der Waals surface area (Å²) < 4.78 is 5.31. The summed E-state index contributed by atoms with van der Waals surface area (Å²) in [4.78, 5) is 32.4. The van der Waals surface area contributed by atoms with Crippen LogP contribution in [0.5, 0.6) is 5.75 Å². The number of carbonyl (C=O) groups is 2. The predicted molar refractivity (Wildman–Crippen MR) is 147 cm³/mol. The molecule has 37 heavy (non-hydrogen) atoms. The predicted octanol–water partition coefficient (Wildman–Crippen LogP) is 5.03. The molecule has 0 saturated carbocycles. The van der Waals surface area contributed by atoms with E-state index in [4.69, 9.17) is 4.74 Å². The van der Waals surface area contributed by atoms with Gasteiger partial charge in [-0.1, -0.05) is 48.2 Å². The average Bonchev–Trinajstić information content (AvgIpc) is 3.65. The van der Waals surface area contributed by atoms with Gasteiger partial charge in [0, 0.05) is 37.3 Å². The van der Waals surface area contributed by atoms with Gasteiger partial charge in [-0.25, -0.2) is 0 Å². The van der Waals surface area contributed by atoms with Gasteiger partial charge in [-0.2, -0.15) is 5.26 Å². The summed E-state index contributed by atoms with van der Waals surface area (Å²) in [6.45, 7) is 1.61. The molecule has 3 heterocycles. The first-order valence-electron chi connectivity index (χ1n) is 11.7. The van der Waals surface area contributed by atoms with Crippen molar-refractivity contribution in [3.63, 3.8) is 0 Å². The summed E-state index contributed by atoms with van der Waals surface area (Å²) in [5, 5.41) is 14.6. The Morgan fingerprint density at radius 3 is 2.24 bits per heavy atom. The van der Waals surface area contributed by atoms with Gasteiger partial charge in [0.2, 0.25) is 0 Å². The minimum absolute atomic E-state index is 0.0188. The minimum atomic E-state index is -0.325. The third-order valence-electron chi connectivity index (χ3n) is 6.25. The molecular weight excluding hydrogens is 504 g/mol. The van der Waals surface area contributed by atoms with E-state index in [1.165, 1.54) is 23.1 Å². The first-order chi connectivity index (χ1) is 18.1. The summed E-state index contributed by atoms with van der Waals surface area (Å²) in [6, 6.07) is 23.3. The lowest BCUT2D eigenvalue weighted by molar-refractivity contribution is -0.128. The van der Waals surface area contributed by atoms with E-state index in [1.807, 2.05) is 82.4 Å². The average molecular weight is 529 g/mol. The van der Waals surface area contributed by atoms with E-state index in [1.54, 1.807) is 16.9 Å². The van der Waals surface area contributed by atoms with Gasteiger partial charge in [0.1, 0.15) is 22.4 Å². The first-order valence-corrected chi connectivity index (χ1v) is 13.5. The summed E-state index contributed by atoms with van der Waals surface area (Å²) >= 11 is 2.78. The van der Waals surface area contributed by atoms with Crippen LogP contribution >= 0.6 is 23.1 Å². The number of nitrogens with zero attached hydrogens (tertiary/aromatic N) is 4. The molecule has 2 aliphatic rings. The van der Waals surface area contributed by atoms with Crippen molar-refractivity contribution in [1.29, 1.82) is 5.26 Å².